The Hall–Kier alpha value is -0.960. The van der Waals surface area contributed by atoms with Crippen LogP contribution in [-0.2, 0) is 23.6 Å². The second kappa shape index (κ2) is 5.58. The number of aryl methyl sites for hydroxylation is 1. The van der Waals surface area contributed by atoms with Crippen molar-refractivity contribution in [3.63, 3.8) is 0 Å². The van der Waals surface area contributed by atoms with Gasteiger partial charge in [0.15, 0.2) is 4.60 Å². The van der Waals surface area contributed by atoms with Crippen molar-refractivity contribution in [1.82, 2.24) is 19.7 Å². The van der Waals surface area contributed by atoms with Crippen molar-refractivity contribution in [2.45, 2.75) is 11.6 Å². The monoisotopic (exact) mass is 364 g/mol. The summed E-state index contributed by atoms with van der Waals surface area (Å²) in [6.07, 6.45) is 0. The minimum Gasteiger partial charge on any atom is -0.235 e. The first-order valence-electron chi connectivity index (χ1n) is 5.20. The van der Waals surface area contributed by atoms with Crippen molar-refractivity contribution in [2.24, 2.45) is 7.05 Å². The molecule has 1 aromatic heterocycles. The van der Waals surface area contributed by atoms with E-state index in [0.29, 0.717) is 10.6 Å². The van der Waals surface area contributed by atoms with Gasteiger partial charge in [-0.3, -0.25) is 0 Å². The van der Waals surface area contributed by atoms with Crippen molar-refractivity contribution in [3.8, 4) is 0 Å². The van der Waals surface area contributed by atoms with E-state index in [1.807, 2.05) is 0 Å². The lowest BCUT2D eigenvalue weighted by atomic mass is 10.2. The highest BCUT2D eigenvalue weighted by atomic mass is 79.9. The first-order valence-corrected chi connectivity index (χ1v) is 7.85. The van der Waals surface area contributed by atoms with Crippen LogP contribution in [-0.4, -0.2) is 23.4 Å². The predicted molar refractivity (Wildman–Crippen MR) is 74.2 cm³/mol. The highest BCUT2D eigenvalue weighted by Crippen LogP contribution is 2.19. The number of nitrogens with zero attached hydrogens (tertiary/aromatic N) is 3. The molecule has 102 valence electrons. The SMILES string of the molecule is Cn1nnc(Br)c1S(=O)(=O)NCc1ccccc1Cl. The van der Waals surface area contributed by atoms with Crippen molar-refractivity contribution in [1.29, 1.82) is 0 Å². The molecule has 0 saturated heterocycles. The average Bonchev–Trinajstić information content (AvgIpc) is 2.69. The molecule has 1 heterocycles. The number of nitrogens with one attached hydrogen (secondary N) is 1. The molecule has 0 atom stereocenters. The Labute approximate surface area is 123 Å². The summed E-state index contributed by atoms with van der Waals surface area (Å²) >= 11 is 9.02. The van der Waals surface area contributed by atoms with Crippen LogP contribution in [0.2, 0.25) is 5.02 Å². The maximum atomic E-state index is 12.1. The Bertz CT molecular complexity index is 682. The molecule has 1 aromatic carbocycles. The van der Waals surface area contributed by atoms with Crippen LogP contribution in [0.4, 0.5) is 0 Å². The fourth-order valence-electron chi connectivity index (χ4n) is 1.49. The van der Waals surface area contributed by atoms with Crippen LogP contribution in [0.1, 0.15) is 5.56 Å². The van der Waals surface area contributed by atoms with E-state index in [2.05, 4.69) is 31.0 Å². The van der Waals surface area contributed by atoms with Gasteiger partial charge in [-0.05, 0) is 27.6 Å². The van der Waals surface area contributed by atoms with Crippen molar-refractivity contribution < 1.29 is 8.42 Å². The van der Waals surface area contributed by atoms with E-state index in [0.717, 1.165) is 0 Å². The topological polar surface area (TPSA) is 76.9 Å². The minimum absolute atomic E-state index is 0.0282. The standard InChI is InChI=1S/C10H10BrClN4O2S/c1-16-10(9(11)14-15-16)19(17,18)13-6-7-4-2-3-5-8(7)12/h2-5,13H,6H2,1H3. The van der Waals surface area contributed by atoms with Gasteiger partial charge in [0.1, 0.15) is 0 Å². The van der Waals surface area contributed by atoms with E-state index in [1.165, 1.54) is 11.7 Å². The molecule has 2 rings (SSSR count). The van der Waals surface area contributed by atoms with Crippen LogP contribution in [0.3, 0.4) is 0 Å². The van der Waals surface area contributed by atoms with Crippen LogP contribution in [0, 0.1) is 0 Å². The highest BCUT2D eigenvalue weighted by molar-refractivity contribution is 9.10. The maximum absolute atomic E-state index is 12.1. The van der Waals surface area contributed by atoms with E-state index in [9.17, 15) is 8.42 Å². The molecule has 0 aliphatic carbocycles. The molecule has 9 heteroatoms. The van der Waals surface area contributed by atoms with E-state index < -0.39 is 10.0 Å². The molecule has 2 aromatic rings. The normalized spacial score (nSPS) is 11.7. The molecule has 0 unspecified atom stereocenters. The number of hydrogen-bond donors (Lipinski definition) is 1. The third kappa shape index (κ3) is 3.14. The van der Waals surface area contributed by atoms with Crippen LogP contribution in [0.5, 0.6) is 0 Å². The van der Waals surface area contributed by atoms with Crippen molar-refractivity contribution >= 4 is 37.6 Å². The third-order valence-corrected chi connectivity index (χ3v) is 5.06. The molecule has 6 nitrogen and oxygen atoms in total. The zero-order chi connectivity index (χ0) is 14.0. The molecule has 19 heavy (non-hydrogen) atoms. The molecule has 0 saturated carbocycles. The van der Waals surface area contributed by atoms with E-state index in [1.54, 1.807) is 24.3 Å². The second-order valence-corrected chi connectivity index (χ2v) is 6.57. The van der Waals surface area contributed by atoms with Gasteiger partial charge in [-0.25, -0.2) is 17.8 Å². The minimum atomic E-state index is -3.71. The molecular weight excluding hydrogens is 356 g/mol. The van der Waals surface area contributed by atoms with Gasteiger partial charge in [-0.1, -0.05) is 35.0 Å². The Morgan fingerprint density at radius 3 is 2.68 bits per heavy atom. The van der Waals surface area contributed by atoms with Crippen LogP contribution in [0.25, 0.3) is 0 Å². The summed E-state index contributed by atoms with van der Waals surface area (Å²) in [7, 11) is -2.21. The van der Waals surface area contributed by atoms with Gasteiger partial charge in [-0.2, -0.15) is 0 Å². The number of hydrogen-bond acceptors (Lipinski definition) is 4. The van der Waals surface area contributed by atoms with E-state index >= 15 is 0 Å². The summed E-state index contributed by atoms with van der Waals surface area (Å²) in [5.41, 5.74) is 0.694. The van der Waals surface area contributed by atoms with Crippen molar-refractivity contribution in [2.75, 3.05) is 0 Å². The van der Waals surface area contributed by atoms with Crippen LogP contribution < -0.4 is 4.72 Å². The fraction of sp³-hybridized carbons (Fsp3) is 0.200. The number of benzene rings is 1. The molecular formula is C10H10BrClN4O2S. The summed E-state index contributed by atoms with van der Waals surface area (Å²) in [5, 5.41) is 7.75. The molecule has 0 spiro atoms. The maximum Gasteiger partial charge on any atom is 0.260 e. The van der Waals surface area contributed by atoms with Gasteiger partial charge < -0.3 is 0 Å². The molecule has 1 N–H and O–H groups in total. The largest absolute Gasteiger partial charge is 0.260 e. The van der Waals surface area contributed by atoms with E-state index in [4.69, 9.17) is 11.6 Å². The fourth-order valence-corrected chi connectivity index (χ4v) is 3.79. The molecule has 0 fully saturated rings. The lowest BCUT2D eigenvalue weighted by molar-refractivity contribution is 0.560. The summed E-state index contributed by atoms with van der Waals surface area (Å²) < 4.78 is 28.1. The Morgan fingerprint density at radius 2 is 2.11 bits per heavy atom. The van der Waals surface area contributed by atoms with Gasteiger partial charge >= 0.3 is 0 Å². The van der Waals surface area contributed by atoms with Crippen LogP contribution in [0.15, 0.2) is 33.9 Å². The first kappa shape index (κ1) is 14.4. The van der Waals surface area contributed by atoms with E-state index in [-0.39, 0.29) is 16.2 Å². The lowest BCUT2D eigenvalue weighted by Gasteiger charge is -2.07. The summed E-state index contributed by atoms with van der Waals surface area (Å²) in [5.74, 6) is 0. The van der Waals surface area contributed by atoms with Gasteiger partial charge in [0.25, 0.3) is 10.0 Å². The lowest BCUT2D eigenvalue weighted by Crippen LogP contribution is -2.25. The Kier molecular flexibility index (Phi) is 4.24. The molecule has 0 aliphatic rings. The van der Waals surface area contributed by atoms with Crippen molar-refractivity contribution in [3.05, 3.63) is 39.5 Å². The molecule has 0 bridgehead atoms. The summed E-state index contributed by atoms with van der Waals surface area (Å²) in [4.78, 5) is 0. The van der Waals surface area contributed by atoms with Gasteiger partial charge in [0.05, 0.1) is 0 Å². The average molecular weight is 366 g/mol. The number of halogens is 2. The highest BCUT2D eigenvalue weighted by Gasteiger charge is 2.23. The quantitative estimate of drug-likeness (QED) is 0.895. The molecule has 0 radical (unpaired) electrons. The smallest absolute Gasteiger partial charge is 0.235 e. The summed E-state index contributed by atoms with van der Waals surface area (Å²) in [6, 6.07) is 7.02. The third-order valence-electron chi connectivity index (χ3n) is 2.40. The van der Waals surface area contributed by atoms with Crippen LogP contribution >= 0.6 is 27.5 Å². The Morgan fingerprint density at radius 1 is 1.42 bits per heavy atom. The first-order chi connectivity index (χ1) is 8.92. The number of sulfonamides is 1. The number of aromatic nitrogens is 3. The van der Waals surface area contributed by atoms with Gasteiger partial charge in [0.2, 0.25) is 5.03 Å². The predicted octanol–water partition coefficient (Wildman–Crippen LogP) is 1.71. The Balaban J connectivity index is 2.22. The molecule has 0 amide bonds. The second-order valence-electron chi connectivity index (χ2n) is 3.72. The summed E-state index contributed by atoms with van der Waals surface area (Å²) in [6.45, 7) is 0.0969. The van der Waals surface area contributed by atoms with Gasteiger partial charge in [0, 0.05) is 18.6 Å². The zero-order valence-corrected chi connectivity index (χ0v) is 13.0. The molecule has 0 aliphatic heterocycles. The zero-order valence-electron chi connectivity index (χ0n) is 9.84. The number of rotatable bonds is 4. The van der Waals surface area contributed by atoms with Gasteiger partial charge in [-0.15, -0.1) is 5.10 Å².